The van der Waals surface area contributed by atoms with Gasteiger partial charge in [0, 0.05) is 22.1 Å². The summed E-state index contributed by atoms with van der Waals surface area (Å²) in [6, 6.07) is 11.7. The van der Waals surface area contributed by atoms with Gasteiger partial charge in [-0.05, 0) is 55.3 Å². The van der Waals surface area contributed by atoms with E-state index >= 15 is 0 Å². The van der Waals surface area contributed by atoms with E-state index < -0.39 is 0 Å². The largest absolute Gasteiger partial charge is 0.399 e. The van der Waals surface area contributed by atoms with E-state index in [2.05, 4.69) is 5.32 Å². The van der Waals surface area contributed by atoms with Crippen LogP contribution < -0.4 is 11.1 Å². The quantitative estimate of drug-likeness (QED) is 0.776. The van der Waals surface area contributed by atoms with Crippen molar-refractivity contribution in [3.63, 3.8) is 0 Å². The Bertz CT molecular complexity index is 550. The highest BCUT2D eigenvalue weighted by atomic mass is 35.5. The van der Waals surface area contributed by atoms with Gasteiger partial charge in [-0.15, -0.1) is 0 Å². The fourth-order valence-corrected chi connectivity index (χ4v) is 1.83. The summed E-state index contributed by atoms with van der Waals surface area (Å²) in [6.07, 6.45) is 0. The molecule has 2 nitrogen and oxygen atoms in total. The number of hydrogen-bond donors (Lipinski definition) is 2. The zero-order valence-corrected chi connectivity index (χ0v) is 10.7. The molecule has 0 aromatic heterocycles. The Hall–Kier alpha value is -1.67. The maximum Gasteiger partial charge on any atom is 0.0455 e. The molecular formula is C14H15ClN2. The maximum absolute atomic E-state index is 6.09. The van der Waals surface area contributed by atoms with E-state index in [-0.39, 0.29) is 0 Å². The maximum atomic E-state index is 6.09. The molecule has 0 atom stereocenters. The molecule has 3 N–H and O–H groups in total. The van der Waals surface area contributed by atoms with Gasteiger partial charge in [0.05, 0.1) is 0 Å². The van der Waals surface area contributed by atoms with E-state index in [0.29, 0.717) is 0 Å². The van der Waals surface area contributed by atoms with Crippen molar-refractivity contribution in [1.82, 2.24) is 0 Å². The SMILES string of the molecule is Cc1ccc(Nc2ccc(N)cc2C)cc1Cl. The summed E-state index contributed by atoms with van der Waals surface area (Å²) >= 11 is 6.09. The zero-order chi connectivity index (χ0) is 12.4. The first-order chi connectivity index (χ1) is 8.06. The number of nitrogens with two attached hydrogens (primary N) is 1. The van der Waals surface area contributed by atoms with Crippen LogP contribution >= 0.6 is 11.6 Å². The fraction of sp³-hybridized carbons (Fsp3) is 0.143. The third-order valence-corrected chi connectivity index (χ3v) is 3.11. The van der Waals surface area contributed by atoms with Gasteiger partial charge in [-0.25, -0.2) is 0 Å². The van der Waals surface area contributed by atoms with Crippen LogP contribution in [0.1, 0.15) is 11.1 Å². The van der Waals surface area contributed by atoms with Crippen molar-refractivity contribution >= 4 is 28.7 Å². The molecule has 0 radical (unpaired) electrons. The van der Waals surface area contributed by atoms with Crippen LogP contribution in [0.5, 0.6) is 0 Å². The molecular weight excluding hydrogens is 232 g/mol. The summed E-state index contributed by atoms with van der Waals surface area (Å²) in [5.41, 5.74) is 10.7. The molecule has 0 aliphatic heterocycles. The molecule has 3 heteroatoms. The highest BCUT2D eigenvalue weighted by Crippen LogP contribution is 2.25. The van der Waals surface area contributed by atoms with E-state index in [4.69, 9.17) is 17.3 Å². The first-order valence-corrected chi connectivity index (χ1v) is 5.83. The standard InChI is InChI=1S/C14H15ClN2/c1-9-3-5-12(8-13(9)15)17-14-6-4-11(16)7-10(14)2/h3-8,17H,16H2,1-2H3. The van der Waals surface area contributed by atoms with Gasteiger partial charge < -0.3 is 11.1 Å². The van der Waals surface area contributed by atoms with Gasteiger partial charge in [-0.1, -0.05) is 17.7 Å². The summed E-state index contributed by atoms with van der Waals surface area (Å²) in [5, 5.41) is 4.09. The highest BCUT2D eigenvalue weighted by molar-refractivity contribution is 6.31. The molecule has 0 bridgehead atoms. The van der Waals surface area contributed by atoms with Gasteiger partial charge in [-0.3, -0.25) is 0 Å². The minimum Gasteiger partial charge on any atom is -0.399 e. The number of aryl methyl sites for hydroxylation is 2. The Morgan fingerprint density at radius 1 is 1.00 bits per heavy atom. The number of nitrogens with one attached hydrogen (secondary N) is 1. The molecule has 0 saturated carbocycles. The van der Waals surface area contributed by atoms with Gasteiger partial charge in [0.1, 0.15) is 0 Å². The van der Waals surface area contributed by atoms with Crippen LogP contribution in [0, 0.1) is 13.8 Å². The molecule has 2 aromatic carbocycles. The summed E-state index contributed by atoms with van der Waals surface area (Å²) in [7, 11) is 0. The van der Waals surface area contributed by atoms with Crippen LogP contribution in [-0.4, -0.2) is 0 Å². The molecule has 17 heavy (non-hydrogen) atoms. The van der Waals surface area contributed by atoms with E-state index in [1.54, 1.807) is 0 Å². The number of benzene rings is 2. The second kappa shape index (κ2) is 4.68. The molecule has 0 aliphatic rings. The molecule has 2 rings (SSSR count). The van der Waals surface area contributed by atoms with Crippen molar-refractivity contribution in [2.75, 3.05) is 11.1 Å². The molecule has 0 saturated heterocycles. The van der Waals surface area contributed by atoms with E-state index in [1.165, 1.54) is 0 Å². The number of nitrogen functional groups attached to an aromatic ring is 1. The van der Waals surface area contributed by atoms with Crippen LogP contribution in [-0.2, 0) is 0 Å². The van der Waals surface area contributed by atoms with Crippen LogP contribution in [0.3, 0.4) is 0 Å². The molecule has 0 spiro atoms. The number of rotatable bonds is 2. The van der Waals surface area contributed by atoms with Crippen molar-refractivity contribution in [3.05, 3.63) is 52.5 Å². The van der Waals surface area contributed by atoms with Crippen molar-refractivity contribution in [2.45, 2.75) is 13.8 Å². The van der Waals surface area contributed by atoms with Crippen LogP contribution in [0.15, 0.2) is 36.4 Å². The van der Waals surface area contributed by atoms with E-state index in [0.717, 1.165) is 33.2 Å². The Kier molecular flexibility index (Phi) is 3.25. The number of anilines is 3. The summed E-state index contributed by atoms with van der Waals surface area (Å²) in [5.74, 6) is 0. The van der Waals surface area contributed by atoms with E-state index in [1.807, 2.05) is 50.2 Å². The van der Waals surface area contributed by atoms with Gasteiger partial charge >= 0.3 is 0 Å². The number of halogens is 1. The Balaban J connectivity index is 2.28. The van der Waals surface area contributed by atoms with Gasteiger partial charge in [0.15, 0.2) is 0 Å². The van der Waals surface area contributed by atoms with E-state index in [9.17, 15) is 0 Å². The predicted octanol–water partition coefficient (Wildman–Crippen LogP) is 4.28. The molecule has 0 heterocycles. The van der Waals surface area contributed by atoms with Crippen molar-refractivity contribution in [1.29, 1.82) is 0 Å². The molecule has 88 valence electrons. The van der Waals surface area contributed by atoms with Gasteiger partial charge in [0.25, 0.3) is 0 Å². The fourth-order valence-electron chi connectivity index (χ4n) is 1.65. The van der Waals surface area contributed by atoms with Crippen LogP contribution in [0.2, 0.25) is 5.02 Å². The monoisotopic (exact) mass is 246 g/mol. The summed E-state index contributed by atoms with van der Waals surface area (Å²) < 4.78 is 0. The highest BCUT2D eigenvalue weighted by Gasteiger charge is 2.01. The molecule has 0 unspecified atom stereocenters. The third kappa shape index (κ3) is 2.71. The predicted molar refractivity (Wildman–Crippen MR) is 75.1 cm³/mol. The lowest BCUT2D eigenvalue weighted by atomic mass is 10.1. The van der Waals surface area contributed by atoms with Gasteiger partial charge in [-0.2, -0.15) is 0 Å². The second-order valence-electron chi connectivity index (χ2n) is 4.16. The average molecular weight is 247 g/mol. The number of hydrogen-bond acceptors (Lipinski definition) is 2. The first kappa shape index (κ1) is 11.8. The Labute approximate surface area is 106 Å². The minimum atomic E-state index is 0.767. The third-order valence-electron chi connectivity index (χ3n) is 2.70. The smallest absolute Gasteiger partial charge is 0.0455 e. The lowest BCUT2D eigenvalue weighted by molar-refractivity contribution is 1.41. The summed E-state index contributed by atoms with van der Waals surface area (Å²) in [6.45, 7) is 4.01. The first-order valence-electron chi connectivity index (χ1n) is 5.45. The Morgan fingerprint density at radius 3 is 2.41 bits per heavy atom. The Morgan fingerprint density at radius 2 is 1.76 bits per heavy atom. The van der Waals surface area contributed by atoms with Crippen molar-refractivity contribution < 1.29 is 0 Å². The molecule has 0 aliphatic carbocycles. The normalized spacial score (nSPS) is 10.3. The zero-order valence-electron chi connectivity index (χ0n) is 9.92. The van der Waals surface area contributed by atoms with Crippen LogP contribution in [0.4, 0.5) is 17.1 Å². The second-order valence-corrected chi connectivity index (χ2v) is 4.57. The lowest BCUT2D eigenvalue weighted by Crippen LogP contribution is -1.95. The molecule has 2 aromatic rings. The van der Waals surface area contributed by atoms with Crippen LogP contribution in [0.25, 0.3) is 0 Å². The van der Waals surface area contributed by atoms with Gasteiger partial charge in [0.2, 0.25) is 0 Å². The summed E-state index contributed by atoms with van der Waals surface area (Å²) in [4.78, 5) is 0. The minimum absolute atomic E-state index is 0.767. The lowest BCUT2D eigenvalue weighted by Gasteiger charge is -2.11. The van der Waals surface area contributed by atoms with Crippen molar-refractivity contribution in [3.8, 4) is 0 Å². The van der Waals surface area contributed by atoms with Crippen molar-refractivity contribution in [2.24, 2.45) is 0 Å². The topological polar surface area (TPSA) is 38.0 Å². The molecule has 0 amide bonds. The average Bonchev–Trinajstić information content (AvgIpc) is 2.27. The molecule has 0 fully saturated rings.